The van der Waals surface area contributed by atoms with E-state index in [1.165, 1.54) is 0 Å². The summed E-state index contributed by atoms with van der Waals surface area (Å²) >= 11 is 0. The van der Waals surface area contributed by atoms with Crippen molar-refractivity contribution in [1.29, 1.82) is 0 Å². The van der Waals surface area contributed by atoms with Gasteiger partial charge in [-0.3, -0.25) is 4.79 Å². The number of amides is 1. The molecule has 8 nitrogen and oxygen atoms in total. The predicted octanol–water partition coefficient (Wildman–Crippen LogP) is 4.70. The lowest BCUT2D eigenvalue weighted by Crippen LogP contribution is -2.50. The van der Waals surface area contributed by atoms with Crippen molar-refractivity contribution in [3.8, 4) is 11.1 Å². The molecule has 0 spiro atoms. The number of ether oxygens (including phenoxy) is 4. The molecule has 2 aromatic carbocycles. The standard InChI is InChI=1S/C29H35NO7/c1-28(2)14-21(24-16-35-29(3,4)36-24)26(37-28)23(13-25(31)32)30-27(33)34-15-22-19-11-7-5-9-17(19)18-10-6-8-12-20(18)22/h5-12,21-24,26H,13-16H2,1-4H3,(H,30,33)(H,31,32)/t21-,23-,24-,26+/m1/s1. The molecule has 0 aromatic heterocycles. The molecule has 2 saturated heterocycles. The van der Waals surface area contributed by atoms with Gasteiger partial charge in [0.15, 0.2) is 5.79 Å². The topological polar surface area (TPSA) is 103 Å². The van der Waals surface area contributed by atoms with Crippen LogP contribution in [0.3, 0.4) is 0 Å². The van der Waals surface area contributed by atoms with Gasteiger partial charge >= 0.3 is 12.1 Å². The number of carboxylic acids is 1. The molecule has 4 atom stereocenters. The lowest BCUT2D eigenvalue weighted by atomic mass is 9.86. The van der Waals surface area contributed by atoms with Crippen LogP contribution in [-0.2, 0) is 23.7 Å². The van der Waals surface area contributed by atoms with Gasteiger partial charge in [0.1, 0.15) is 6.61 Å². The summed E-state index contributed by atoms with van der Waals surface area (Å²) in [6, 6.07) is 15.4. The first-order valence-corrected chi connectivity index (χ1v) is 12.9. The van der Waals surface area contributed by atoms with Gasteiger partial charge in [-0.15, -0.1) is 0 Å². The predicted molar refractivity (Wildman–Crippen MR) is 136 cm³/mol. The number of fused-ring (bicyclic) bond motifs is 3. The number of hydrogen-bond acceptors (Lipinski definition) is 6. The largest absolute Gasteiger partial charge is 0.481 e. The molecule has 37 heavy (non-hydrogen) atoms. The van der Waals surface area contributed by atoms with Gasteiger partial charge in [0, 0.05) is 11.8 Å². The molecule has 2 fully saturated rings. The molecule has 1 aliphatic carbocycles. The Morgan fingerprint density at radius 1 is 1.03 bits per heavy atom. The number of carbonyl (C=O) groups is 2. The third kappa shape index (κ3) is 5.37. The number of benzene rings is 2. The zero-order valence-electron chi connectivity index (χ0n) is 21.7. The average molecular weight is 510 g/mol. The van der Waals surface area contributed by atoms with Gasteiger partial charge in [-0.05, 0) is 56.4 Å². The van der Waals surface area contributed by atoms with Crippen LogP contribution >= 0.6 is 0 Å². The van der Waals surface area contributed by atoms with E-state index in [1.807, 2.05) is 52.0 Å². The maximum atomic E-state index is 13.0. The average Bonchev–Trinajstić information content (AvgIpc) is 3.47. The van der Waals surface area contributed by atoms with Gasteiger partial charge in [-0.2, -0.15) is 0 Å². The van der Waals surface area contributed by atoms with Crippen LogP contribution in [0.1, 0.15) is 57.6 Å². The van der Waals surface area contributed by atoms with Gasteiger partial charge < -0.3 is 29.4 Å². The monoisotopic (exact) mass is 509 g/mol. The Hall–Kier alpha value is -2.94. The van der Waals surface area contributed by atoms with Crippen LogP contribution in [0.5, 0.6) is 0 Å². The van der Waals surface area contributed by atoms with Gasteiger partial charge in [0.2, 0.25) is 0 Å². The summed E-state index contributed by atoms with van der Waals surface area (Å²) in [6.07, 6.45) is -1.12. The smallest absolute Gasteiger partial charge is 0.407 e. The fourth-order valence-corrected chi connectivity index (χ4v) is 6.07. The molecule has 8 heteroatoms. The molecule has 198 valence electrons. The van der Waals surface area contributed by atoms with Crippen LogP contribution in [0.25, 0.3) is 11.1 Å². The first-order valence-electron chi connectivity index (χ1n) is 12.9. The molecular formula is C29H35NO7. The Labute approximate surface area is 217 Å². The van der Waals surface area contributed by atoms with Crippen LogP contribution in [0.4, 0.5) is 4.79 Å². The summed E-state index contributed by atoms with van der Waals surface area (Å²) in [6.45, 7) is 8.17. The molecule has 2 N–H and O–H groups in total. The van der Waals surface area contributed by atoms with Crippen LogP contribution in [-0.4, -0.2) is 60.0 Å². The van der Waals surface area contributed by atoms with E-state index in [0.29, 0.717) is 13.0 Å². The highest BCUT2D eigenvalue weighted by molar-refractivity contribution is 5.79. The van der Waals surface area contributed by atoms with E-state index in [2.05, 4.69) is 29.6 Å². The maximum absolute atomic E-state index is 13.0. The molecular weight excluding hydrogens is 474 g/mol. The quantitative estimate of drug-likeness (QED) is 0.557. The molecule has 1 amide bonds. The van der Waals surface area contributed by atoms with E-state index in [9.17, 15) is 14.7 Å². The van der Waals surface area contributed by atoms with Crippen LogP contribution in [0.15, 0.2) is 48.5 Å². The second-order valence-electron chi connectivity index (χ2n) is 11.3. The fourth-order valence-electron chi connectivity index (χ4n) is 6.07. The maximum Gasteiger partial charge on any atom is 0.407 e. The summed E-state index contributed by atoms with van der Waals surface area (Å²) in [4.78, 5) is 24.8. The van der Waals surface area contributed by atoms with Crippen molar-refractivity contribution in [2.45, 2.75) is 76.1 Å². The first kappa shape index (κ1) is 25.7. The van der Waals surface area contributed by atoms with Crippen molar-refractivity contribution >= 4 is 12.1 Å². The number of carbonyl (C=O) groups excluding carboxylic acids is 1. The Morgan fingerprint density at radius 3 is 2.22 bits per heavy atom. The second kappa shape index (κ2) is 9.74. The molecule has 0 bridgehead atoms. The number of aliphatic carboxylic acids is 1. The first-order chi connectivity index (χ1) is 17.5. The lowest BCUT2D eigenvalue weighted by Gasteiger charge is -2.30. The highest BCUT2D eigenvalue weighted by atomic mass is 16.7. The van der Waals surface area contributed by atoms with E-state index in [0.717, 1.165) is 22.3 Å². The van der Waals surface area contributed by atoms with Gasteiger partial charge in [0.25, 0.3) is 0 Å². The molecule has 2 heterocycles. The minimum absolute atomic E-state index is 0.0863. The Kier molecular flexibility index (Phi) is 6.77. The minimum atomic E-state index is -1.03. The zero-order chi connectivity index (χ0) is 26.4. The Morgan fingerprint density at radius 2 is 1.65 bits per heavy atom. The molecule has 0 radical (unpaired) electrons. The molecule has 5 rings (SSSR count). The SMILES string of the molecule is CC1(C)C[C@H]([C@H]2COC(C)(C)O2)[C@@H]([C@@H](CC(=O)O)NC(=O)OCC2c3ccccc3-c3ccccc32)O1. The number of alkyl carbamates (subject to hydrolysis) is 1. The van der Waals surface area contributed by atoms with Gasteiger partial charge in [-0.25, -0.2) is 4.79 Å². The summed E-state index contributed by atoms with van der Waals surface area (Å²) in [5, 5.41) is 12.5. The van der Waals surface area contributed by atoms with E-state index in [-0.39, 0.29) is 31.0 Å². The molecule has 2 aromatic rings. The van der Waals surface area contributed by atoms with E-state index in [4.69, 9.17) is 18.9 Å². The zero-order valence-corrected chi connectivity index (χ0v) is 21.7. The van der Waals surface area contributed by atoms with E-state index >= 15 is 0 Å². The van der Waals surface area contributed by atoms with Crippen LogP contribution < -0.4 is 5.32 Å². The van der Waals surface area contributed by atoms with E-state index < -0.39 is 35.6 Å². The van der Waals surface area contributed by atoms with Crippen molar-refractivity contribution in [2.24, 2.45) is 5.92 Å². The third-order valence-corrected chi connectivity index (χ3v) is 7.55. The second-order valence-corrected chi connectivity index (χ2v) is 11.3. The van der Waals surface area contributed by atoms with Crippen molar-refractivity contribution in [3.05, 3.63) is 59.7 Å². The number of carboxylic acid groups (broad SMARTS) is 1. The lowest BCUT2D eigenvalue weighted by molar-refractivity contribution is -0.150. The van der Waals surface area contributed by atoms with Crippen molar-refractivity contribution < 1.29 is 33.6 Å². The van der Waals surface area contributed by atoms with Crippen LogP contribution in [0.2, 0.25) is 0 Å². The fraction of sp³-hybridized carbons (Fsp3) is 0.517. The summed E-state index contributed by atoms with van der Waals surface area (Å²) in [5.74, 6) is -1.98. The van der Waals surface area contributed by atoms with Crippen LogP contribution in [0, 0.1) is 5.92 Å². The Balaban J connectivity index is 1.30. The highest BCUT2D eigenvalue weighted by Gasteiger charge is 2.51. The van der Waals surface area contributed by atoms with Crippen molar-refractivity contribution in [2.75, 3.05) is 13.2 Å². The normalized spacial score (nSPS) is 26.3. The van der Waals surface area contributed by atoms with E-state index in [1.54, 1.807) is 0 Å². The number of hydrogen-bond donors (Lipinski definition) is 2. The third-order valence-electron chi connectivity index (χ3n) is 7.55. The van der Waals surface area contributed by atoms with Crippen molar-refractivity contribution in [3.63, 3.8) is 0 Å². The molecule has 2 aliphatic heterocycles. The van der Waals surface area contributed by atoms with Crippen molar-refractivity contribution in [1.82, 2.24) is 5.32 Å². The Bertz CT molecular complexity index is 1130. The van der Waals surface area contributed by atoms with Gasteiger partial charge in [-0.1, -0.05) is 48.5 Å². The number of nitrogens with one attached hydrogen (secondary N) is 1. The van der Waals surface area contributed by atoms with Gasteiger partial charge in [0.05, 0.1) is 36.9 Å². The molecule has 0 saturated carbocycles. The highest BCUT2D eigenvalue weighted by Crippen LogP contribution is 2.45. The molecule has 0 unspecified atom stereocenters. The molecule has 3 aliphatic rings. The number of rotatable bonds is 7. The minimum Gasteiger partial charge on any atom is -0.481 e. The summed E-state index contributed by atoms with van der Waals surface area (Å²) in [5.41, 5.74) is 4.01. The summed E-state index contributed by atoms with van der Waals surface area (Å²) < 4.78 is 23.9. The summed E-state index contributed by atoms with van der Waals surface area (Å²) in [7, 11) is 0.